The third-order valence-corrected chi connectivity index (χ3v) is 1.07. The summed E-state index contributed by atoms with van der Waals surface area (Å²) in [6.45, 7) is 0.0728. The monoisotopic (exact) mass is 101 g/mol. The highest BCUT2D eigenvalue weighted by molar-refractivity contribution is 5.63. The molecule has 1 heterocycles. The third kappa shape index (κ3) is 0.783. The van der Waals surface area contributed by atoms with Crippen LogP contribution < -0.4 is 5.32 Å². The van der Waals surface area contributed by atoms with E-state index in [0.717, 1.165) is 6.29 Å². The average molecular weight is 101 g/mol. The van der Waals surface area contributed by atoms with E-state index in [4.69, 9.17) is 5.11 Å². The molecule has 0 aromatic heterocycles. The van der Waals surface area contributed by atoms with Crippen LogP contribution in [0, 0.1) is 0 Å². The zero-order chi connectivity index (χ0) is 5.28. The van der Waals surface area contributed by atoms with Gasteiger partial charge in [-0.05, 0) is 0 Å². The van der Waals surface area contributed by atoms with Crippen molar-refractivity contribution in [2.45, 2.75) is 12.1 Å². The Morgan fingerprint density at radius 1 is 1.86 bits per heavy atom. The van der Waals surface area contributed by atoms with E-state index in [1.54, 1.807) is 0 Å². The van der Waals surface area contributed by atoms with E-state index < -0.39 is 0 Å². The highest BCUT2D eigenvalue weighted by Gasteiger charge is 2.34. The van der Waals surface area contributed by atoms with Gasteiger partial charge in [0.25, 0.3) is 0 Å². The van der Waals surface area contributed by atoms with E-state index in [9.17, 15) is 4.79 Å². The van der Waals surface area contributed by atoms with E-state index in [-0.39, 0.29) is 18.7 Å². The summed E-state index contributed by atoms with van der Waals surface area (Å²) >= 11 is 0. The van der Waals surface area contributed by atoms with Crippen LogP contribution in [0.2, 0.25) is 0 Å². The summed E-state index contributed by atoms with van der Waals surface area (Å²) in [5.41, 5.74) is 0. The summed E-state index contributed by atoms with van der Waals surface area (Å²) in [7, 11) is 0. The summed E-state index contributed by atoms with van der Waals surface area (Å²) in [4.78, 5) is 9.76. The molecule has 1 aliphatic rings. The molecule has 2 atom stereocenters. The lowest BCUT2D eigenvalue weighted by Gasteiger charge is -1.75. The maximum absolute atomic E-state index is 9.76. The highest BCUT2D eigenvalue weighted by atomic mass is 16.3. The first-order chi connectivity index (χ1) is 3.38. The van der Waals surface area contributed by atoms with E-state index >= 15 is 0 Å². The van der Waals surface area contributed by atoms with Crippen molar-refractivity contribution in [1.82, 2.24) is 5.32 Å². The van der Waals surface area contributed by atoms with E-state index in [2.05, 4.69) is 5.32 Å². The molecule has 0 aromatic carbocycles. The molecule has 1 fully saturated rings. The van der Waals surface area contributed by atoms with Crippen molar-refractivity contribution in [1.29, 1.82) is 0 Å². The molecule has 0 aromatic rings. The van der Waals surface area contributed by atoms with Crippen molar-refractivity contribution in [3.63, 3.8) is 0 Å². The molecule has 0 radical (unpaired) electrons. The van der Waals surface area contributed by atoms with Gasteiger partial charge < -0.3 is 9.90 Å². The first kappa shape index (κ1) is 4.74. The molecule has 0 saturated carbocycles. The largest absolute Gasteiger partial charge is 0.395 e. The quantitative estimate of drug-likeness (QED) is 0.329. The van der Waals surface area contributed by atoms with Crippen molar-refractivity contribution >= 4 is 6.29 Å². The van der Waals surface area contributed by atoms with Gasteiger partial charge in [-0.1, -0.05) is 0 Å². The van der Waals surface area contributed by atoms with E-state index in [1.165, 1.54) is 0 Å². The average Bonchev–Trinajstić information content (AvgIpc) is 2.43. The topological polar surface area (TPSA) is 59.2 Å². The third-order valence-electron chi connectivity index (χ3n) is 1.07. The van der Waals surface area contributed by atoms with Crippen molar-refractivity contribution in [2.75, 3.05) is 6.61 Å². The first-order valence-electron chi connectivity index (χ1n) is 2.20. The minimum atomic E-state index is -0.0648. The van der Waals surface area contributed by atoms with Crippen LogP contribution in [-0.2, 0) is 4.79 Å². The second kappa shape index (κ2) is 1.60. The van der Waals surface area contributed by atoms with Crippen LogP contribution in [0.3, 0.4) is 0 Å². The van der Waals surface area contributed by atoms with Crippen LogP contribution in [0.4, 0.5) is 0 Å². The molecule has 1 saturated heterocycles. The first-order valence-corrected chi connectivity index (χ1v) is 2.20. The van der Waals surface area contributed by atoms with Crippen LogP contribution in [0.5, 0.6) is 0 Å². The smallest absolute Gasteiger partial charge is 0.138 e. The Morgan fingerprint density at radius 3 is 2.71 bits per heavy atom. The lowest BCUT2D eigenvalue weighted by atomic mass is 10.4. The number of aliphatic hydroxyl groups excluding tert-OH is 1. The van der Waals surface area contributed by atoms with Crippen LogP contribution in [0.1, 0.15) is 0 Å². The molecule has 7 heavy (non-hydrogen) atoms. The second-order valence-corrected chi connectivity index (χ2v) is 1.62. The fourth-order valence-corrected chi connectivity index (χ4v) is 0.492. The van der Waals surface area contributed by atoms with E-state index in [0.29, 0.717) is 0 Å². The van der Waals surface area contributed by atoms with Gasteiger partial charge in [-0.25, -0.2) is 0 Å². The van der Waals surface area contributed by atoms with Gasteiger partial charge in [0.1, 0.15) is 6.29 Å². The predicted octanol–water partition coefficient (Wildman–Crippen LogP) is -1.48. The molecule has 2 unspecified atom stereocenters. The maximum atomic E-state index is 9.76. The zero-order valence-corrected chi connectivity index (χ0v) is 3.79. The lowest BCUT2D eigenvalue weighted by molar-refractivity contribution is -0.107. The van der Waals surface area contributed by atoms with Crippen LogP contribution in [0.25, 0.3) is 0 Å². The Morgan fingerprint density at radius 2 is 2.57 bits per heavy atom. The van der Waals surface area contributed by atoms with Gasteiger partial charge >= 0.3 is 0 Å². The van der Waals surface area contributed by atoms with Crippen molar-refractivity contribution in [3.8, 4) is 0 Å². The van der Waals surface area contributed by atoms with Gasteiger partial charge in [0.2, 0.25) is 0 Å². The van der Waals surface area contributed by atoms with Gasteiger partial charge in [0.15, 0.2) is 0 Å². The Hall–Kier alpha value is -0.410. The molecule has 40 valence electrons. The number of carbonyl (C=O) groups excluding carboxylic acids is 1. The summed E-state index contributed by atoms with van der Waals surface area (Å²) in [5, 5.41) is 11.0. The summed E-state index contributed by atoms with van der Waals surface area (Å²) < 4.78 is 0. The van der Waals surface area contributed by atoms with Gasteiger partial charge in [-0.15, -0.1) is 0 Å². The Labute approximate surface area is 41.3 Å². The normalized spacial score (nSPS) is 37.9. The molecule has 0 spiro atoms. The molecule has 1 aliphatic heterocycles. The van der Waals surface area contributed by atoms with Crippen LogP contribution in [-0.4, -0.2) is 30.1 Å². The Balaban J connectivity index is 2.17. The molecule has 3 nitrogen and oxygen atoms in total. The zero-order valence-electron chi connectivity index (χ0n) is 3.79. The van der Waals surface area contributed by atoms with Crippen molar-refractivity contribution in [2.24, 2.45) is 0 Å². The number of aliphatic hydroxyl groups is 1. The van der Waals surface area contributed by atoms with Gasteiger partial charge in [-0.2, -0.15) is 0 Å². The maximum Gasteiger partial charge on any atom is 0.138 e. The molecular formula is C4H7NO2. The lowest BCUT2D eigenvalue weighted by Crippen LogP contribution is -1.98. The van der Waals surface area contributed by atoms with Crippen molar-refractivity contribution in [3.05, 3.63) is 0 Å². The Kier molecular flexibility index (Phi) is 1.08. The molecule has 0 amide bonds. The molecule has 1 rings (SSSR count). The fourth-order valence-electron chi connectivity index (χ4n) is 0.492. The molecule has 3 heteroatoms. The number of carbonyl (C=O) groups is 1. The predicted molar refractivity (Wildman–Crippen MR) is 23.9 cm³/mol. The minimum absolute atomic E-state index is 0.0532. The Bertz CT molecular complexity index is 83.8. The molecule has 0 aliphatic carbocycles. The van der Waals surface area contributed by atoms with Gasteiger partial charge in [-0.3, -0.25) is 5.32 Å². The summed E-state index contributed by atoms with van der Waals surface area (Å²) in [6.07, 6.45) is 0.806. The second-order valence-electron chi connectivity index (χ2n) is 1.62. The van der Waals surface area contributed by atoms with Gasteiger partial charge in [0, 0.05) is 0 Å². The SMILES string of the molecule is O=CC1NC1CO. The van der Waals surface area contributed by atoms with Gasteiger partial charge in [0.05, 0.1) is 18.7 Å². The summed E-state index contributed by atoms with van der Waals surface area (Å²) in [5.74, 6) is 0. The van der Waals surface area contributed by atoms with E-state index in [1.807, 2.05) is 0 Å². The number of hydrogen-bond donors (Lipinski definition) is 2. The standard InChI is InChI=1S/C4H7NO2/c6-1-3-4(2-7)5-3/h1,3-5,7H,2H2. The number of rotatable bonds is 2. The highest BCUT2D eigenvalue weighted by Crippen LogP contribution is 2.04. The van der Waals surface area contributed by atoms with Crippen LogP contribution >= 0.6 is 0 Å². The fraction of sp³-hybridized carbons (Fsp3) is 0.750. The molecule has 2 N–H and O–H groups in total. The number of nitrogens with one attached hydrogen (secondary N) is 1. The van der Waals surface area contributed by atoms with Crippen LogP contribution in [0.15, 0.2) is 0 Å². The number of hydrogen-bond acceptors (Lipinski definition) is 3. The minimum Gasteiger partial charge on any atom is -0.395 e. The molecular weight excluding hydrogens is 94.0 g/mol. The number of aldehydes is 1. The molecule has 0 bridgehead atoms. The summed E-state index contributed by atoms with van der Waals surface area (Å²) in [6, 6.07) is -0.0116. The van der Waals surface area contributed by atoms with Crippen molar-refractivity contribution < 1.29 is 9.90 Å².